The van der Waals surface area contributed by atoms with E-state index in [4.69, 9.17) is 15.0 Å². The molecular formula is C56H35N3S. The summed E-state index contributed by atoms with van der Waals surface area (Å²) >= 11 is 1.87. The third-order valence-electron chi connectivity index (χ3n) is 12.2. The van der Waals surface area contributed by atoms with Gasteiger partial charge in [0.2, 0.25) is 0 Å². The van der Waals surface area contributed by atoms with Crippen molar-refractivity contribution in [1.82, 2.24) is 15.0 Å². The Morgan fingerprint density at radius 1 is 0.350 bits per heavy atom. The van der Waals surface area contributed by atoms with Crippen LogP contribution in [0.25, 0.3) is 78.2 Å². The first-order valence-electron chi connectivity index (χ1n) is 20.3. The lowest BCUT2D eigenvalue weighted by Gasteiger charge is -2.39. The Morgan fingerprint density at radius 2 is 0.900 bits per heavy atom. The topological polar surface area (TPSA) is 38.7 Å². The lowest BCUT2D eigenvalue weighted by atomic mass is 9.67. The second-order valence-electron chi connectivity index (χ2n) is 15.5. The number of hydrogen-bond donors (Lipinski definition) is 0. The zero-order valence-corrected chi connectivity index (χ0v) is 33.3. The average Bonchev–Trinajstić information content (AvgIpc) is 3.61. The van der Waals surface area contributed by atoms with Gasteiger partial charge in [-0.1, -0.05) is 176 Å². The highest BCUT2D eigenvalue weighted by Crippen LogP contribution is 2.62. The van der Waals surface area contributed by atoms with E-state index in [0.717, 1.165) is 61.2 Å². The van der Waals surface area contributed by atoms with Gasteiger partial charge in [-0.25, -0.2) is 9.97 Å². The largest absolute Gasteiger partial charge is 0.256 e. The van der Waals surface area contributed by atoms with Gasteiger partial charge in [-0.3, -0.25) is 4.98 Å². The fraction of sp³-hybridized carbons (Fsp3) is 0.0179. The molecule has 12 rings (SSSR count). The lowest BCUT2D eigenvalue weighted by Crippen LogP contribution is -2.31. The maximum atomic E-state index is 5.16. The van der Waals surface area contributed by atoms with Gasteiger partial charge in [0.15, 0.2) is 5.82 Å². The van der Waals surface area contributed by atoms with Gasteiger partial charge in [0.05, 0.1) is 22.3 Å². The van der Waals surface area contributed by atoms with E-state index >= 15 is 0 Å². The van der Waals surface area contributed by atoms with Crippen LogP contribution in [0, 0.1) is 0 Å². The Kier molecular flexibility index (Phi) is 8.00. The molecule has 0 N–H and O–H groups in total. The third kappa shape index (κ3) is 5.42. The number of aromatic nitrogens is 3. The highest BCUT2D eigenvalue weighted by molar-refractivity contribution is 7.99. The van der Waals surface area contributed by atoms with Gasteiger partial charge in [-0.05, 0) is 92.5 Å². The fourth-order valence-corrected chi connectivity index (χ4v) is 10.7. The Morgan fingerprint density at radius 3 is 1.63 bits per heavy atom. The van der Waals surface area contributed by atoms with Crippen LogP contribution in [0.3, 0.4) is 0 Å². The second kappa shape index (κ2) is 13.9. The van der Waals surface area contributed by atoms with E-state index in [0.29, 0.717) is 5.82 Å². The minimum atomic E-state index is -0.471. The van der Waals surface area contributed by atoms with Gasteiger partial charge in [-0.2, -0.15) is 0 Å². The van der Waals surface area contributed by atoms with Crippen LogP contribution in [-0.2, 0) is 5.41 Å². The summed E-state index contributed by atoms with van der Waals surface area (Å²) in [6.45, 7) is 0. The summed E-state index contributed by atoms with van der Waals surface area (Å²) in [5, 5.41) is 1.14. The molecule has 0 saturated carbocycles. The first-order chi connectivity index (χ1) is 29.7. The SMILES string of the molecule is c1ccc(-c2cc(-c3cccc(-c4ccc5c(c4)-c4cc(-c6cccc7cccnc67)ccc4C54c5ccccc5Sc5ccccc54)c3)nc(-c3ccccc3)n2)cc1. The second-order valence-corrected chi connectivity index (χ2v) is 16.6. The van der Waals surface area contributed by atoms with E-state index < -0.39 is 5.41 Å². The molecule has 0 atom stereocenters. The predicted octanol–water partition coefficient (Wildman–Crippen LogP) is 14.2. The van der Waals surface area contributed by atoms with Gasteiger partial charge in [0.1, 0.15) is 0 Å². The zero-order chi connectivity index (χ0) is 39.6. The summed E-state index contributed by atoms with van der Waals surface area (Å²) in [5.41, 5.74) is 17.8. The summed E-state index contributed by atoms with van der Waals surface area (Å²) in [5.74, 6) is 0.709. The third-order valence-corrected chi connectivity index (χ3v) is 13.4. The highest BCUT2D eigenvalue weighted by Gasteiger charge is 2.50. The molecule has 0 radical (unpaired) electrons. The number of benzene rings is 8. The molecule has 3 nitrogen and oxygen atoms in total. The maximum absolute atomic E-state index is 5.16. The minimum absolute atomic E-state index is 0.471. The van der Waals surface area contributed by atoms with Crippen molar-refractivity contribution < 1.29 is 0 Å². The van der Waals surface area contributed by atoms with E-state index in [1.165, 1.54) is 43.2 Å². The smallest absolute Gasteiger partial charge is 0.160 e. The first kappa shape index (κ1) is 34.6. The van der Waals surface area contributed by atoms with Crippen LogP contribution in [0.1, 0.15) is 22.3 Å². The normalized spacial score (nSPS) is 13.1. The monoisotopic (exact) mass is 781 g/mol. The molecule has 0 amide bonds. The van der Waals surface area contributed by atoms with E-state index in [1.807, 2.05) is 48.3 Å². The molecule has 1 spiro atoms. The molecule has 280 valence electrons. The zero-order valence-electron chi connectivity index (χ0n) is 32.5. The molecule has 0 unspecified atom stereocenters. The van der Waals surface area contributed by atoms with Crippen LogP contribution in [0.5, 0.6) is 0 Å². The Bertz CT molecular complexity index is 3190. The molecular weight excluding hydrogens is 747 g/mol. The molecule has 8 aromatic carbocycles. The highest BCUT2D eigenvalue weighted by atomic mass is 32.2. The summed E-state index contributed by atoms with van der Waals surface area (Å²) in [6.07, 6.45) is 1.89. The number of para-hydroxylation sites is 1. The summed E-state index contributed by atoms with van der Waals surface area (Å²) in [7, 11) is 0. The molecule has 0 saturated heterocycles. The van der Waals surface area contributed by atoms with Gasteiger partial charge >= 0.3 is 0 Å². The van der Waals surface area contributed by atoms with Crippen molar-refractivity contribution in [3.8, 4) is 67.3 Å². The van der Waals surface area contributed by atoms with Gasteiger partial charge < -0.3 is 0 Å². The van der Waals surface area contributed by atoms with E-state index in [1.54, 1.807) is 0 Å². The average molecular weight is 782 g/mol. The molecule has 2 aliphatic rings. The van der Waals surface area contributed by atoms with Gasteiger partial charge in [0, 0.05) is 43.6 Å². The van der Waals surface area contributed by atoms with Gasteiger partial charge in [-0.15, -0.1) is 0 Å². The molecule has 4 heteroatoms. The van der Waals surface area contributed by atoms with Crippen LogP contribution in [0.2, 0.25) is 0 Å². The number of nitrogens with zero attached hydrogens (tertiary/aromatic N) is 3. The molecule has 60 heavy (non-hydrogen) atoms. The lowest BCUT2D eigenvalue weighted by molar-refractivity contribution is 0.722. The molecule has 0 bridgehead atoms. The van der Waals surface area contributed by atoms with E-state index in [9.17, 15) is 0 Å². The molecule has 1 aliphatic carbocycles. The van der Waals surface area contributed by atoms with Crippen molar-refractivity contribution in [1.29, 1.82) is 0 Å². The number of fused-ring (bicyclic) bond motifs is 10. The Hall–Kier alpha value is -7.40. The molecule has 3 heterocycles. The van der Waals surface area contributed by atoms with Crippen LogP contribution in [-0.4, -0.2) is 15.0 Å². The van der Waals surface area contributed by atoms with Gasteiger partial charge in [0.25, 0.3) is 0 Å². The number of rotatable bonds is 5. The van der Waals surface area contributed by atoms with Crippen LogP contribution < -0.4 is 0 Å². The number of hydrogen-bond acceptors (Lipinski definition) is 4. The van der Waals surface area contributed by atoms with Crippen LogP contribution >= 0.6 is 11.8 Å². The predicted molar refractivity (Wildman–Crippen MR) is 246 cm³/mol. The number of pyridine rings is 1. The van der Waals surface area contributed by atoms with Crippen molar-refractivity contribution in [2.45, 2.75) is 15.2 Å². The fourth-order valence-electron chi connectivity index (χ4n) is 9.52. The minimum Gasteiger partial charge on any atom is -0.256 e. The summed E-state index contributed by atoms with van der Waals surface area (Å²) < 4.78 is 0. The van der Waals surface area contributed by atoms with E-state index in [-0.39, 0.29) is 0 Å². The first-order valence-corrected chi connectivity index (χ1v) is 21.2. The van der Waals surface area contributed by atoms with Crippen LogP contribution in [0.15, 0.2) is 222 Å². The molecule has 10 aromatic rings. The summed E-state index contributed by atoms with van der Waals surface area (Å²) in [6, 6.07) is 74.4. The van der Waals surface area contributed by atoms with Crippen molar-refractivity contribution in [3.63, 3.8) is 0 Å². The standard InChI is InChI=1S/C56H35N3S/c1-3-14-36(15-4-1)50-35-51(59-55(58-50)38-16-5-2-6-17-38)42-20-11-19-39(32-42)40-27-29-46-44(33-40)45-34-41(43-22-12-18-37-21-13-31-57-54(37)43)28-30-47(45)56(46)48-23-7-9-25-52(48)60-53-26-10-8-24-49(53)56/h1-35H. The summed E-state index contributed by atoms with van der Waals surface area (Å²) in [4.78, 5) is 17.7. The molecule has 1 aliphatic heterocycles. The Balaban J connectivity index is 1.06. The molecule has 2 aromatic heterocycles. The van der Waals surface area contributed by atoms with Crippen molar-refractivity contribution in [3.05, 3.63) is 235 Å². The maximum Gasteiger partial charge on any atom is 0.160 e. The van der Waals surface area contributed by atoms with E-state index in [2.05, 4.69) is 176 Å². The van der Waals surface area contributed by atoms with Crippen LogP contribution in [0.4, 0.5) is 0 Å². The Labute approximate surface area is 353 Å². The van der Waals surface area contributed by atoms with Crippen molar-refractivity contribution in [2.75, 3.05) is 0 Å². The quantitative estimate of drug-likeness (QED) is 0.174. The van der Waals surface area contributed by atoms with Crippen molar-refractivity contribution in [2.24, 2.45) is 0 Å². The molecule has 0 fully saturated rings. The van der Waals surface area contributed by atoms with Crippen molar-refractivity contribution >= 4 is 22.7 Å².